The summed E-state index contributed by atoms with van der Waals surface area (Å²) in [4.78, 5) is 0. The van der Waals surface area contributed by atoms with Gasteiger partial charge in [0.15, 0.2) is 0 Å². The van der Waals surface area contributed by atoms with Crippen LogP contribution in [0.5, 0.6) is 0 Å². The number of hydrogen-bond acceptors (Lipinski definition) is 3. The van der Waals surface area contributed by atoms with E-state index in [4.69, 9.17) is 5.73 Å². The summed E-state index contributed by atoms with van der Waals surface area (Å²) in [5, 5.41) is 0. The topological polar surface area (TPSA) is 26.0 Å². The molecule has 0 radical (unpaired) electrons. The molecular weight excluding hydrogens is 198 g/mol. The van der Waals surface area contributed by atoms with E-state index in [-0.39, 0.29) is 0 Å². The van der Waals surface area contributed by atoms with Crippen LogP contribution in [0.2, 0.25) is 0 Å². The molecule has 0 unspecified atom stereocenters. The van der Waals surface area contributed by atoms with Crippen molar-refractivity contribution in [3.8, 4) is 0 Å². The van der Waals surface area contributed by atoms with Crippen LogP contribution in [0, 0.1) is 6.92 Å². The van der Waals surface area contributed by atoms with Gasteiger partial charge in [0, 0.05) is 5.69 Å². The molecule has 0 aliphatic rings. The second-order valence-corrected chi connectivity index (χ2v) is 5.12. The first-order chi connectivity index (χ1) is 6.19. The van der Waals surface area contributed by atoms with Crippen molar-refractivity contribution in [2.75, 3.05) is 18.2 Å². The zero-order valence-electron chi connectivity index (χ0n) is 8.20. The number of nitrogens with two attached hydrogens (primary N) is 1. The molecule has 0 amide bonds. The minimum atomic E-state index is 0.458. The van der Waals surface area contributed by atoms with E-state index >= 15 is 0 Å². The number of benzene rings is 1. The van der Waals surface area contributed by atoms with Gasteiger partial charge in [-0.3, -0.25) is 0 Å². The molecule has 72 valence electrons. The molecule has 0 aromatic heterocycles. The van der Waals surface area contributed by atoms with Crippen LogP contribution in [0.1, 0.15) is 15.7 Å². The van der Waals surface area contributed by atoms with Gasteiger partial charge in [-0.05, 0) is 31.1 Å². The molecule has 1 nitrogen and oxygen atoms in total. The Morgan fingerprint density at radius 3 is 2.38 bits per heavy atom. The maximum atomic E-state index is 5.91. The molecule has 0 aliphatic carbocycles. The van der Waals surface area contributed by atoms with E-state index in [0.717, 1.165) is 5.69 Å². The van der Waals surface area contributed by atoms with Crippen molar-refractivity contribution in [3.63, 3.8) is 0 Å². The van der Waals surface area contributed by atoms with Gasteiger partial charge in [0.25, 0.3) is 0 Å². The average molecular weight is 213 g/mol. The lowest BCUT2D eigenvalue weighted by molar-refractivity contribution is 1.34. The summed E-state index contributed by atoms with van der Waals surface area (Å²) in [6, 6.07) is 6.22. The van der Waals surface area contributed by atoms with Crippen LogP contribution in [-0.4, -0.2) is 12.5 Å². The number of nitrogen functional groups attached to an aromatic ring is 1. The lowest BCUT2D eigenvalue weighted by Gasteiger charge is -2.14. The summed E-state index contributed by atoms with van der Waals surface area (Å²) in [5.74, 6) is 0. The quantitative estimate of drug-likeness (QED) is 0.616. The number of thioether (sulfide) groups is 2. The minimum Gasteiger partial charge on any atom is -0.398 e. The Bertz CT molecular complexity index is 282. The highest BCUT2D eigenvalue weighted by molar-refractivity contribution is 8.15. The van der Waals surface area contributed by atoms with Crippen LogP contribution < -0.4 is 5.73 Å². The molecule has 0 saturated carbocycles. The predicted octanol–water partition coefficient (Wildman–Crippen LogP) is 3.30. The third-order valence-corrected chi connectivity index (χ3v) is 4.44. The SMILES string of the molecule is CSC(SC)c1cc(C)ccc1N. The second-order valence-electron chi connectivity index (χ2n) is 2.94. The number of hydrogen-bond donors (Lipinski definition) is 1. The fraction of sp³-hybridized carbons (Fsp3) is 0.400. The van der Waals surface area contributed by atoms with Crippen LogP contribution in [0.4, 0.5) is 5.69 Å². The van der Waals surface area contributed by atoms with E-state index in [1.807, 2.05) is 29.6 Å². The van der Waals surface area contributed by atoms with Crippen LogP contribution in [0.25, 0.3) is 0 Å². The van der Waals surface area contributed by atoms with Gasteiger partial charge < -0.3 is 5.73 Å². The number of anilines is 1. The van der Waals surface area contributed by atoms with Crippen molar-refractivity contribution in [3.05, 3.63) is 29.3 Å². The fourth-order valence-electron chi connectivity index (χ4n) is 1.25. The molecule has 0 heterocycles. The summed E-state index contributed by atoms with van der Waals surface area (Å²) in [6.45, 7) is 2.10. The van der Waals surface area contributed by atoms with Crippen molar-refractivity contribution in [1.82, 2.24) is 0 Å². The lowest BCUT2D eigenvalue weighted by Crippen LogP contribution is -1.96. The van der Waals surface area contributed by atoms with E-state index in [0.29, 0.717) is 4.58 Å². The Balaban J connectivity index is 3.03. The smallest absolute Gasteiger partial charge is 0.0765 e. The Labute approximate surface area is 88.5 Å². The Kier molecular flexibility index (Phi) is 4.00. The van der Waals surface area contributed by atoms with Crippen LogP contribution in [-0.2, 0) is 0 Å². The molecule has 0 atom stereocenters. The van der Waals surface area contributed by atoms with E-state index in [2.05, 4.69) is 31.6 Å². The molecule has 0 spiro atoms. The second kappa shape index (κ2) is 4.82. The summed E-state index contributed by atoms with van der Waals surface area (Å²) >= 11 is 3.66. The largest absolute Gasteiger partial charge is 0.398 e. The summed E-state index contributed by atoms with van der Waals surface area (Å²) in [5.41, 5.74) is 9.34. The summed E-state index contributed by atoms with van der Waals surface area (Å²) < 4.78 is 0.458. The fourth-order valence-corrected chi connectivity index (χ4v) is 2.93. The lowest BCUT2D eigenvalue weighted by atomic mass is 10.1. The molecule has 0 aliphatic heterocycles. The van der Waals surface area contributed by atoms with Crippen molar-refractivity contribution in [2.24, 2.45) is 0 Å². The zero-order valence-corrected chi connectivity index (χ0v) is 9.84. The minimum absolute atomic E-state index is 0.458. The zero-order chi connectivity index (χ0) is 9.84. The molecule has 1 rings (SSSR count). The van der Waals surface area contributed by atoms with E-state index in [9.17, 15) is 0 Å². The van der Waals surface area contributed by atoms with Crippen molar-refractivity contribution < 1.29 is 0 Å². The average Bonchev–Trinajstić information content (AvgIpc) is 2.13. The van der Waals surface area contributed by atoms with E-state index in [1.54, 1.807) is 0 Å². The van der Waals surface area contributed by atoms with Crippen LogP contribution in [0.15, 0.2) is 18.2 Å². The normalized spacial score (nSPS) is 10.8. The first kappa shape index (κ1) is 10.8. The van der Waals surface area contributed by atoms with E-state index < -0.39 is 0 Å². The van der Waals surface area contributed by atoms with Crippen LogP contribution in [0.3, 0.4) is 0 Å². The van der Waals surface area contributed by atoms with Gasteiger partial charge in [0.2, 0.25) is 0 Å². The molecule has 0 bridgehead atoms. The standard InChI is InChI=1S/C10H15NS2/c1-7-4-5-9(11)8(6-7)10(12-2)13-3/h4-6,10H,11H2,1-3H3. The Morgan fingerprint density at radius 2 is 1.85 bits per heavy atom. The summed E-state index contributed by atoms with van der Waals surface area (Å²) in [7, 11) is 0. The first-order valence-corrected chi connectivity index (χ1v) is 6.68. The molecule has 2 N–H and O–H groups in total. The predicted molar refractivity (Wildman–Crippen MR) is 65.4 cm³/mol. The highest BCUT2D eigenvalue weighted by atomic mass is 32.2. The monoisotopic (exact) mass is 213 g/mol. The number of aryl methyl sites for hydroxylation is 1. The maximum Gasteiger partial charge on any atom is 0.0765 e. The van der Waals surface area contributed by atoms with Crippen molar-refractivity contribution in [1.29, 1.82) is 0 Å². The van der Waals surface area contributed by atoms with Gasteiger partial charge in [-0.1, -0.05) is 17.7 Å². The molecule has 0 saturated heterocycles. The van der Waals surface area contributed by atoms with Gasteiger partial charge in [-0.25, -0.2) is 0 Å². The molecule has 13 heavy (non-hydrogen) atoms. The van der Waals surface area contributed by atoms with Crippen molar-refractivity contribution in [2.45, 2.75) is 11.5 Å². The third-order valence-electron chi connectivity index (χ3n) is 1.92. The molecule has 1 aromatic rings. The van der Waals surface area contributed by atoms with Crippen molar-refractivity contribution >= 4 is 29.2 Å². The van der Waals surface area contributed by atoms with Gasteiger partial charge in [-0.15, -0.1) is 23.5 Å². The molecule has 3 heteroatoms. The van der Waals surface area contributed by atoms with Gasteiger partial charge >= 0.3 is 0 Å². The first-order valence-electron chi connectivity index (χ1n) is 4.10. The Morgan fingerprint density at radius 1 is 1.23 bits per heavy atom. The van der Waals surface area contributed by atoms with Crippen LogP contribution >= 0.6 is 23.5 Å². The Hall–Kier alpha value is -0.280. The van der Waals surface area contributed by atoms with Gasteiger partial charge in [0.1, 0.15) is 0 Å². The third kappa shape index (κ3) is 2.58. The maximum absolute atomic E-state index is 5.91. The van der Waals surface area contributed by atoms with Gasteiger partial charge in [0.05, 0.1) is 4.58 Å². The van der Waals surface area contributed by atoms with E-state index in [1.165, 1.54) is 11.1 Å². The van der Waals surface area contributed by atoms with Gasteiger partial charge in [-0.2, -0.15) is 0 Å². The molecular formula is C10H15NS2. The summed E-state index contributed by atoms with van der Waals surface area (Å²) in [6.07, 6.45) is 4.23. The highest BCUT2D eigenvalue weighted by Crippen LogP contribution is 2.39. The highest BCUT2D eigenvalue weighted by Gasteiger charge is 2.11. The molecule has 1 aromatic carbocycles. The molecule has 0 fully saturated rings. The number of rotatable bonds is 3.